The van der Waals surface area contributed by atoms with E-state index in [1.807, 2.05) is 43.3 Å². The molecular weight excluding hydrogens is 280 g/mol. The smallest absolute Gasteiger partial charge is 0.237 e. The Morgan fingerprint density at radius 2 is 2.05 bits per heavy atom. The van der Waals surface area contributed by atoms with E-state index in [1.165, 1.54) is 5.56 Å². The molecule has 0 spiro atoms. The molecule has 1 aliphatic rings. The van der Waals surface area contributed by atoms with Crippen LogP contribution in [0.3, 0.4) is 0 Å². The summed E-state index contributed by atoms with van der Waals surface area (Å²) < 4.78 is 0. The summed E-state index contributed by atoms with van der Waals surface area (Å²) in [6.07, 6.45) is 1.76. The molecule has 1 heterocycles. The first-order valence-electron chi connectivity index (χ1n) is 7.05. The summed E-state index contributed by atoms with van der Waals surface area (Å²) in [5.41, 5.74) is 9.82. The van der Waals surface area contributed by atoms with Gasteiger partial charge in [0.2, 0.25) is 5.91 Å². The minimum atomic E-state index is -0.0697. The molecule has 0 fully saturated rings. The van der Waals surface area contributed by atoms with E-state index in [0.29, 0.717) is 0 Å². The number of carbonyl (C=O) groups excluding carboxylic acids is 1. The van der Waals surface area contributed by atoms with E-state index in [2.05, 4.69) is 11.4 Å². The summed E-state index contributed by atoms with van der Waals surface area (Å²) in [5, 5.41) is 2.97. The van der Waals surface area contributed by atoms with Gasteiger partial charge in [0.1, 0.15) is 0 Å². The fourth-order valence-corrected chi connectivity index (χ4v) is 3.66. The molecule has 1 amide bonds. The third-order valence-corrected chi connectivity index (χ3v) is 5.16. The number of nitrogen functional groups attached to an aromatic ring is 1. The number of thioether (sulfide) groups is 1. The lowest BCUT2D eigenvalue weighted by Crippen LogP contribution is -2.23. The van der Waals surface area contributed by atoms with E-state index < -0.39 is 0 Å². The van der Waals surface area contributed by atoms with E-state index in [1.54, 1.807) is 11.8 Å². The summed E-state index contributed by atoms with van der Waals surface area (Å²) in [5.74, 6) is 0.0844. The van der Waals surface area contributed by atoms with Crippen molar-refractivity contribution in [3.63, 3.8) is 0 Å². The molecule has 2 aromatic rings. The average molecular weight is 298 g/mol. The number of hydrogen-bond donors (Lipinski definition) is 2. The van der Waals surface area contributed by atoms with E-state index in [-0.39, 0.29) is 11.2 Å². The molecule has 108 valence electrons. The Kier molecular flexibility index (Phi) is 3.88. The first kappa shape index (κ1) is 14.0. The van der Waals surface area contributed by atoms with Crippen LogP contribution in [0.4, 0.5) is 11.4 Å². The zero-order chi connectivity index (χ0) is 14.8. The first-order chi connectivity index (χ1) is 10.1. The third kappa shape index (κ3) is 3.05. The van der Waals surface area contributed by atoms with Crippen LogP contribution in [0.2, 0.25) is 0 Å². The van der Waals surface area contributed by atoms with Crippen LogP contribution in [0.15, 0.2) is 47.4 Å². The number of benzene rings is 2. The number of hydrogen-bond acceptors (Lipinski definition) is 3. The molecule has 4 heteroatoms. The highest BCUT2D eigenvalue weighted by Crippen LogP contribution is 2.33. The topological polar surface area (TPSA) is 55.1 Å². The van der Waals surface area contributed by atoms with Crippen molar-refractivity contribution in [3.8, 4) is 0 Å². The maximum Gasteiger partial charge on any atom is 0.237 e. The van der Waals surface area contributed by atoms with E-state index in [4.69, 9.17) is 5.73 Å². The molecule has 3 nitrogen and oxygen atoms in total. The van der Waals surface area contributed by atoms with Gasteiger partial charge >= 0.3 is 0 Å². The highest BCUT2D eigenvalue weighted by molar-refractivity contribution is 8.00. The molecule has 2 aromatic carbocycles. The van der Waals surface area contributed by atoms with Crippen LogP contribution in [0.1, 0.15) is 17.5 Å². The molecule has 3 rings (SSSR count). The third-order valence-electron chi connectivity index (χ3n) is 3.71. The van der Waals surface area contributed by atoms with Gasteiger partial charge in [0.05, 0.1) is 5.25 Å². The Hall–Kier alpha value is -1.94. The Morgan fingerprint density at radius 1 is 1.24 bits per heavy atom. The summed E-state index contributed by atoms with van der Waals surface area (Å²) in [6, 6.07) is 13.9. The van der Waals surface area contributed by atoms with Crippen LogP contribution in [0.25, 0.3) is 0 Å². The van der Waals surface area contributed by atoms with E-state index >= 15 is 0 Å². The van der Waals surface area contributed by atoms with Gasteiger partial charge in [-0.05, 0) is 55.2 Å². The number of anilines is 2. The van der Waals surface area contributed by atoms with Gasteiger partial charge in [-0.25, -0.2) is 0 Å². The monoisotopic (exact) mass is 298 g/mol. The lowest BCUT2D eigenvalue weighted by Gasteiger charge is -2.14. The van der Waals surface area contributed by atoms with Crippen molar-refractivity contribution < 1.29 is 4.79 Å². The second kappa shape index (κ2) is 5.82. The molecule has 0 saturated carbocycles. The lowest BCUT2D eigenvalue weighted by atomic mass is 10.1. The van der Waals surface area contributed by atoms with Crippen molar-refractivity contribution in [1.29, 1.82) is 0 Å². The van der Waals surface area contributed by atoms with Gasteiger partial charge < -0.3 is 11.1 Å². The molecule has 1 atom stereocenters. The largest absolute Gasteiger partial charge is 0.399 e. The van der Waals surface area contributed by atoms with Gasteiger partial charge in [0.25, 0.3) is 0 Å². The zero-order valence-electron chi connectivity index (χ0n) is 11.9. The maximum atomic E-state index is 12.4. The molecule has 0 bridgehead atoms. The number of fused-ring (bicyclic) bond motifs is 1. The van der Waals surface area contributed by atoms with Gasteiger partial charge in [-0.15, -0.1) is 11.8 Å². The fraction of sp³-hybridized carbons (Fsp3) is 0.235. The second-order valence-electron chi connectivity index (χ2n) is 5.32. The van der Waals surface area contributed by atoms with Crippen LogP contribution in [-0.2, 0) is 11.2 Å². The highest BCUT2D eigenvalue weighted by Gasteiger charge is 2.24. The molecule has 0 radical (unpaired) electrons. The predicted octanol–water partition coefficient (Wildman–Crippen LogP) is 3.62. The van der Waals surface area contributed by atoms with Crippen LogP contribution in [0.5, 0.6) is 0 Å². The molecule has 21 heavy (non-hydrogen) atoms. The van der Waals surface area contributed by atoms with Gasteiger partial charge in [-0.1, -0.05) is 18.2 Å². The summed E-state index contributed by atoms with van der Waals surface area (Å²) in [6.45, 7) is 2.03. The highest BCUT2D eigenvalue weighted by atomic mass is 32.2. The molecule has 1 aliphatic heterocycles. The van der Waals surface area contributed by atoms with Crippen LogP contribution in [0, 0.1) is 6.92 Å². The second-order valence-corrected chi connectivity index (χ2v) is 6.56. The number of aryl methyl sites for hydroxylation is 2. The zero-order valence-corrected chi connectivity index (χ0v) is 12.7. The molecular formula is C17H18N2OS. The minimum absolute atomic E-state index is 0.0697. The van der Waals surface area contributed by atoms with Crippen LogP contribution < -0.4 is 11.1 Å². The Labute approximate surface area is 128 Å². The van der Waals surface area contributed by atoms with Crippen molar-refractivity contribution >= 4 is 29.0 Å². The minimum Gasteiger partial charge on any atom is -0.399 e. The van der Waals surface area contributed by atoms with Crippen molar-refractivity contribution in [2.75, 3.05) is 11.1 Å². The quantitative estimate of drug-likeness (QED) is 0.833. The Balaban J connectivity index is 1.80. The van der Waals surface area contributed by atoms with E-state index in [0.717, 1.165) is 34.7 Å². The van der Waals surface area contributed by atoms with Gasteiger partial charge in [0, 0.05) is 16.3 Å². The molecule has 0 saturated heterocycles. The van der Waals surface area contributed by atoms with Crippen molar-refractivity contribution in [1.82, 2.24) is 0 Å². The summed E-state index contributed by atoms with van der Waals surface area (Å²) >= 11 is 1.62. The predicted molar refractivity (Wildman–Crippen MR) is 88.6 cm³/mol. The number of amides is 1. The number of rotatable bonds is 2. The molecule has 1 unspecified atom stereocenters. The molecule has 0 aromatic heterocycles. The van der Waals surface area contributed by atoms with Crippen molar-refractivity contribution in [2.24, 2.45) is 0 Å². The normalized spacial score (nSPS) is 17.8. The number of nitrogens with one attached hydrogen (secondary N) is 1. The van der Waals surface area contributed by atoms with Crippen LogP contribution >= 0.6 is 11.8 Å². The molecule has 0 aliphatic carbocycles. The van der Waals surface area contributed by atoms with Crippen LogP contribution in [-0.4, -0.2) is 11.2 Å². The molecule has 3 N–H and O–H groups in total. The van der Waals surface area contributed by atoms with Gasteiger partial charge in [-0.2, -0.15) is 0 Å². The average Bonchev–Trinajstić information content (AvgIpc) is 2.61. The summed E-state index contributed by atoms with van der Waals surface area (Å²) in [7, 11) is 0. The van der Waals surface area contributed by atoms with Crippen molar-refractivity contribution in [2.45, 2.75) is 29.9 Å². The van der Waals surface area contributed by atoms with Gasteiger partial charge in [-0.3, -0.25) is 4.79 Å². The lowest BCUT2D eigenvalue weighted by molar-refractivity contribution is -0.115. The maximum absolute atomic E-state index is 12.4. The first-order valence-corrected chi connectivity index (χ1v) is 7.93. The number of para-hydroxylation sites is 1. The Bertz CT molecular complexity index is 684. The Morgan fingerprint density at radius 3 is 2.86 bits per heavy atom. The standard InChI is InChI=1S/C17H18N2OS/c1-11-10-13(18)7-9-15(11)21-16-8-6-12-4-2-3-5-14(12)19-17(16)20/h2-5,7,9-10,16H,6,8,18H2,1H3,(H,19,20). The van der Waals surface area contributed by atoms with E-state index in [9.17, 15) is 4.79 Å². The fourth-order valence-electron chi connectivity index (χ4n) is 2.56. The SMILES string of the molecule is Cc1cc(N)ccc1SC1CCc2ccccc2NC1=O. The number of nitrogens with two attached hydrogens (primary N) is 1. The number of carbonyl (C=O) groups is 1. The van der Waals surface area contributed by atoms with Crippen molar-refractivity contribution in [3.05, 3.63) is 53.6 Å². The van der Waals surface area contributed by atoms with Gasteiger partial charge in [0.15, 0.2) is 0 Å². The summed E-state index contributed by atoms with van der Waals surface area (Å²) in [4.78, 5) is 13.5.